The maximum absolute atomic E-state index is 8.73. The fourth-order valence-electron chi connectivity index (χ4n) is 3.63. The number of hydrogen-bond donors (Lipinski definition) is 1. The second-order valence-corrected chi connectivity index (χ2v) is 7.77. The Labute approximate surface area is 157 Å². The highest BCUT2D eigenvalue weighted by Crippen LogP contribution is 2.22. The van der Waals surface area contributed by atoms with Crippen molar-refractivity contribution in [1.82, 2.24) is 0 Å². The van der Waals surface area contributed by atoms with E-state index in [1.54, 1.807) is 0 Å². The van der Waals surface area contributed by atoms with E-state index in [1.807, 2.05) is 0 Å². The Hall–Kier alpha value is -0.820. The molecular weight excluding hydrogens is 304 g/mol. The van der Waals surface area contributed by atoms with Crippen LogP contribution in [0.4, 0.5) is 0 Å². The molecule has 0 fully saturated rings. The van der Waals surface area contributed by atoms with E-state index in [1.165, 1.54) is 95.5 Å². The summed E-state index contributed by atoms with van der Waals surface area (Å²) >= 11 is 0. The highest BCUT2D eigenvalue weighted by atomic mass is 16.2. The van der Waals surface area contributed by atoms with Crippen molar-refractivity contribution < 1.29 is 5.11 Å². The van der Waals surface area contributed by atoms with E-state index in [0.717, 1.165) is 6.42 Å². The van der Waals surface area contributed by atoms with Gasteiger partial charge in [-0.2, -0.15) is 0 Å². The summed E-state index contributed by atoms with van der Waals surface area (Å²) in [6.07, 6.45) is 20.4. The van der Waals surface area contributed by atoms with Gasteiger partial charge >= 0.3 is 0 Å². The normalized spacial score (nSPS) is 12.4. The molecule has 0 aliphatic heterocycles. The Morgan fingerprint density at radius 2 is 1.00 bits per heavy atom. The Bertz CT molecular complexity index is 373. The van der Waals surface area contributed by atoms with E-state index in [9.17, 15) is 0 Å². The molecule has 0 saturated heterocycles. The summed E-state index contributed by atoms with van der Waals surface area (Å²) in [4.78, 5) is 0. The molecule has 0 bridgehead atoms. The van der Waals surface area contributed by atoms with Crippen LogP contribution >= 0.6 is 0 Å². The third-order valence-corrected chi connectivity index (χ3v) is 5.41. The number of aliphatic hydroxyl groups is 1. The second kappa shape index (κ2) is 16.6. The van der Waals surface area contributed by atoms with Crippen molar-refractivity contribution in [3.8, 4) is 0 Å². The molecule has 0 amide bonds. The van der Waals surface area contributed by atoms with Gasteiger partial charge in [0, 0.05) is 6.61 Å². The van der Waals surface area contributed by atoms with E-state index in [-0.39, 0.29) is 0 Å². The minimum absolute atomic E-state index is 0.367. The van der Waals surface area contributed by atoms with Gasteiger partial charge in [0.2, 0.25) is 0 Å². The van der Waals surface area contributed by atoms with Crippen LogP contribution < -0.4 is 0 Å². The van der Waals surface area contributed by atoms with Crippen LogP contribution in [0.25, 0.3) is 0 Å². The van der Waals surface area contributed by atoms with Gasteiger partial charge in [-0.05, 0) is 24.3 Å². The van der Waals surface area contributed by atoms with Crippen LogP contribution in [0.2, 0.25) is 0 Å². The molecule has 1 aromatic carbocycles. The lowest BCUT2D eigenvalue weighted by molar-refractivity contribution is 0.282. The number of benzene rings is 1. The molecule has 0 saturated carbocycles. The molecule has 0 aliphatic rings. The molecule has 1 atom stereocenters. The number of rotatable bonds is 17. The van der Waals surface area contributed by atoms with Crippen molar-refractivity contribution >= 4 is 0 Å². The van der Waals surface area contributed by atoms with Gasteiger partial charge in [0.05, 0.1) is 0 Å². The molecule has 1 N–H and O–H groups in total. The molecule has 0 radical (unpaired) electrons. The predicted octanol–water partition coefficient (Wildman–Crippen LogP) is 7.63. The van der Waals surface area contributed by atoms with Crippen molar-refractivity contribution in [2.75, 3.05) is 6.61 Å². The van der Waals surface area contributed by atoms with Crippen molar-refractivity contribution in [1.29, 1.82) is 0 Å². The van der Waals surface area contributed by atoms with Crippen LogP contribution in [0.5, 0.6) is 0 Å². The number of hydrogen-bond acceptors (Lipinski definition) is 1. The van der Waals surface area contributed by atoms with Crippen molar-refractivity contribution in [2.45, 2.75) is 109 Å². The van der Waals surface area contributed by atoms with Gasteiger partial charge in [-0.3, -0.25) is 0 Å². The van der Waals surface area contributed by atoms with Gasteiger partial charge in [0.25, 0.3) is 0 Å². The Morgan fingerprint density at radius 1 is 0.600 bits per heavy atom. The summed E-state index contributed by atoms with van der Waals surface area (Å²) < 4.78 is 0. The Balaban J connectivity index is 1.77. The molecule has 25 heavy (non-hydrogen) atoms. The monoisotopic (exact) mass is 346 g/mol. The molecular formula is C24H42O. The van der Waals surface area contributed by atoms with Gasteiger partial charge in [0.15, 0.2) is 0 Å². The fraction of sp³-hybridized carbons (Fsp3) is 0.750. The molecule has 1 heteroatoms. The highest BCUT2D eigenvalue weighted by Gasteiger charge is 2.03. The molecule has 0 aromatic heterocycles. The first-order valence-electron chi connectivity index (χ1n) is 11.0. The minimum Gasteiger partial charge on any atom is -0.396 e. The predicted molar refractivity (Wildman–Crippen MR) is 111 cm³/mol. The fourth-order valence-corrected chi connectivity index (χ4v) is 3.63. The zero-order chi connectivity index (χ0) is 18.0. The smallest absolute Gasteiger partial charge is 0.0431 e. The van der Waals surface area contributed by atoms with Gasteiger partial charge in [-0.15, -0.1) is 0 Å². The minimum atomic E-state index is 0.367. The van der Waals surface area contributed by atoms with E-state index >= 15 is 0 Å². The zero-order valence-corrected chi connectivity index (χ0v) is 16.7. The van der Waals surface area contributed by atoms with Crippen LogP contribution in [0.3, 0.4) is 0 Å². The average molecular weight is 347 g/mol. The summed E-state index contributed by atoms with van der Waals surface area (Å²) in [6, 6.07) is 10.9. The zero-order valence-electron chi connectivity index (χ0n) is 16.7. The third-order valence-electron chi connectivity index (χ3n) is 5.41. The van der Waals surface area contributed by atoms with Crippen LogP contribution in [0, 0.1) is 0 Å². The maximum atomic E-state index is 8.73. The van der Waals surface area contributed by atoms with Crippen LogP contribution in [0.15, 0.2) is 30.3 Å². The molecule has 144 valence electrons. The lowest BCUT2D eigenvalue weighted by Gasteiger charge is -2.11. The summed E-state index contributed by atoms with van der Waals surface area (Å²) in [5.41, 5.74) is 1.50. The number of unbranched alkanes of at least 4 members (excludes halogenated alkanes) is 13. The lowest BCUT2D eigenvalue weighted by atomic mass is 9.95. The largest absolute Gasteiger partial charge is 0.396 e. The first kappa shape index (κ1) is 22.2. The maximum Gasteiger partial charge on any atom is 0.0431 e. The summed E-state index contributed by atoms with van der Waals surface area (Å²) in [5.74, 6) is 0.713. The van der Waals surface area contributed by atoms with E-state index < -0.39 is 0 Å². The third kappa shape index (κ3) is 13.1. The lowest BCUT2D eigenvalue weighted by Crippen LogP contribution is -1.93. The standard InChI is InChI=1S/C24H42O/c1-23(24-20-16-14-17-21-24)19-15-12-10-8-6-4-2-3-5-7-9-11-13-18-22-25/h14,16-17,20-21,23,25H,2-13,15,18-19,22H2,1H3. The van der Waals surface area contributed by atoms with E-state index in [0.29, 0.717) is 12.5 Å². The summed E-state index contributed by atoms with van der Waals surface area (Å²) in [7, 11) is 0. The molecule has 1 nitrogen and oxygen atoms in total. The van der Waals surface area contributed by atoms with Gasteiger partial charge in [0.1, 0.15) is 0 Å². The van der Waals surface area contributed by atoms with Gasteiger partial charge < -0.3 is 5.11 Å². The molecule has 1 unspecified atom stereocenters. The molecule has 1 rings (SSSR count). The Kier molecular flexibility index (Phi) is 14.8. The van der Waals surface area contributed by atoms with Gasteiger partial charge in [-0.1, -0.05) is 121 Å². The summed E-state index contributed by atoms with van der Waals surface area (Å²) in [6.45, 7) is 2.73. The molecule has 1 aromatic rings. The topological polar surface area (TPSA) is 20.2 Å². The van der Waals surface area contributed by atoms with Crippen LogP contribution in [0.1, 0.15) is 115 Å². The molecule has 0 heterocycles. The van der Waals surface area contributed by atoms with E-state index in [4.69, 9.17) is 5.11 Å². The first-order chi connectivity index (χ1) is 12.3. The van der Waals surface area contributed by atoms with Crippen LogP contribution in [-0.2, 0) is 0 Å². The number of aliphatic hydroxyl groups excluding tert-OH is 1. The summed E-state index contributed by atoms with van der Waals surface area (Å²) in [5, 5.41) is 8.73. The van der Waals surface area contributed by atoms with Crippen molar-refractivity contribution in [2.24, 2.45) is 0 Å². The highest BCUT2D eigenvalue weighted by molar-refractivity contribution is 5.18. The van der Waals surface area contributed by atoms with Gasteiger partial charge in [-0.25, -0.2) is 0 Å². The van der Waals surface area contributed by atoms with E-state index in [2.05, 4.69) is 37.3 Å². The Morgan fingerprint density at radius 3 is 1.44 bits per heavy atom. The molecule has 0 aliphatic carbocycles. The van der Waals surface area contributed by atoms with Crippen LogP contribution in [-0.4, -0.2) is 11.7 Å². The quantitative estimate of drug-likeness (QED) is 0.287. The van der Waals surface area contributed by atoms with Crippen molar-refractivity contribution in [3.05, 3.63) is 35.9 Å². The first-order valence-corrected chi connectivity index (χ1v) is 11.0. The van der Waals surface area contributed by atoms with Crippen molar-refractivity contribution in [3.63, 3.8) is 0 Å². The molecule has 0 spiro atoms. The second-order valence-electron chi connectivity index (χ2n) is 7.77. The SMILES string of the molecule is CC(CCCCCCCCCCCCCCCCO)c1ccccc1. The average Bonchev–Trinajstić information content (AvgIpc) is 2.65.